The minimum absolute atomic E-state index is 0.0398. The first kappa shape index (κ1) is 15.8. The second-order valence-electron chi connectivity index (χ2n) is 5.76. The number of carbonyl (C=O) groups excluding carboxylic acids is 1. The van der Waals surface area contributed by atoms with Gasteiger partial charge < -0.3 is 15.2 Å². The lowest BCUT2D eigenvalue weighted by Gasteiger charge is -2.20. The number of ether oxygens (including phenoxy) is 1. The second-order valence-corrected chi connectivity index (χ2v) is 5.76. The van der Waals surface area contributed by atoms with Gasteiger partial charge in [0.25, 0.3) is 5.91 Å². The number of aromatic carboxylic acids is 1. The van der Waals surface area contributed by atoms with Crippen LogP contribution in [0.2, 0.25) is 0 Å². The van der Waals surface area contributed by atoms with Crippen molar-refractivity contribution in [1.29, 1.82) is 0 Å². The fourth-order valence-corrected chi connectivity index (χ4v) is 2.69. The van der Waals surface area contributed by atoms with Crippen LogP contribution in [0.15, 0.2) is 30.3 Å². The van der Waals surface area contributed by atoms with E-state index in [-0.39, 0.29) is 18.1 Å². The Morgan fingerprint density at radius 2 is 1.96 bits per heavy atom. The zero-order chi connectivity index (χ0) is 17.3. The molecule has 2 aromatic rings. The lowest BCUT2D eigenvalue weighted by Crippen LogP contribution is -2.25. The molecule has 1 heterocycles. The number of anilines is 1. The second kappa shape index (κ2) is 6.20. The number of carboxylic acid groups (broad SMARTS) is 1. The highest BCUT2D eigenvalue weighted by Gasteiger charge is 2.18. The summed E-state index contributed by atoms with van der Waals surface area (Å²) < 4.78 is 5.45. The molecular weight excluding hydrogens is 306 g/mol. The number of rotatable bonds is 3. The summed E-state index contributed by atoms with van der Waals surface area (Å²) in [6.45, 7) is 3.84. The van der Waals surface area contributed by atoms with Crippen molar-refractivity contribution < 1.29 is 19.4 Å². The average Bonchev–Trinajstić information content (AvgIpc) is 2.53. The number of carbonyl (C=O) groups is 2. The summed E-state index contributed by atoms with van der Waals surface area (Å²) in [5.74, 6) is -0.397. The Bertz CT molecular complexity index is 868. The monoisotopic (exact) mass is 323 g/mol. The van der Waals surface area contributed by atoms with E-state index >= 15 is 0 Å². The first-order valence-electron chi connectivity index (χ1n) is 7.53. The highest BCUT2D eigenvalue weighted by Crippen LogP contribution is 2.33. The van der Waals surface area contributed by atoms with Gasteiger partial charge in [0.05, 0.1) is 11.3 Å². The molecule has 5 heteroatoms. The number of amides is 1. The summed E-state index contributed by atoms with van der Waals surface area (Å²) in [6.07, 6.45) is 3.85. The minimum atomic E-state index is -0.935. The van der Waals surface area contributed by atoms with Crippen LogP contribution in [-0.2, 0) is 4.79 Å². The first-order chi connectivity index (χ1) is 11.4. The molecular formula is C19H17NO4. The predicted octanol–water partition coefficient (Wildman–Crippen LogP) is 3.50. The highest BCUT2D eigenvalue weighted by atomic mass is 16.5. The normalized spacial score (nSPS) is 13.3. The highest BCUT2D eigenvalue weighted by molar-refractivity contribution is 5.96. The number of hydrogen-bond acceptors (Lipinski definition) is 3. The molecule has 0 aromatic heterocycles. The van der Waals surface area contributed by atoms with Crippen molar-refractivity contribution in [2.45, 2.75) is 13.8 Å². The molecule has 2 aromatic carbocycles. The molecule has 3 rings (SSSR count). The summed E-state index contributed by atoms with van der Waals surface area (Å²) in [5, 5.41) is 11.8. The zero-order valence-corrected chi connectivity index (χ0v) is 13.4. The molecule has 0 saturated carbocycles. The molecule has 1 aliphatic heterocycles. The van der Waals surface area contributed by atoms with Gasteiger partial charge >= 0.3 is 5.97 Å². The molecule has 0 radical (unpaired) electrons. The smallest absolute Gasteiger partial charge is 0.335 e. The van der Waals surface area contributed by atoms with Crippen LogP contribution in [0.4, 0.5) is 5.69 Å². The van der Waals surface area contributed by atoms with Gasteiger partial charge in [-0.25, -0.2) is 4.79 Å². The zero-order valence-electron chi connectivity index (χ0n) is 13.4. The molecule has 0 fully saturated rings. The molecule has 0 aliphatic carbocycles. The molecule has 24 heavy (non-hydrogen) atoms. The largest absolute Gasteiger partial charge is 0.481 e. The first-order valence-corrected chi connectivity index (χ1v) is 7.53. The van der Waals surface area contributed by atoms with Crippen molar-refractivity contribution in [1.82, 2.24) is 0 Å². The summed E-state index contributed by atoms with van der Waals surface area (Å²) in [7, 11) is 0. The Morgan fingerprint density at radius 3 is 2.67 bits per heavy atom. The van der Waals surface area contributed by atoms with Gasteiger partial charge in [-0.05, 0) is 60.4 Å². The lowest BCUT2D eigenvalue weighted by atomic mass is 10.0. The standard InChI is InChI=1S/C19H17NO4/c1-11-8-15(19(22)23)6-5-14(11)4-3-13-7-12(2)18-16(9-13)20-17(21)10-24-18/h3-9H,10H2,1-2H3,(H,20,21)(H,22,23). The maximum atomic E-state index is 11.5. The molecule has 2 N–H and O–H groups in total. The van der Waals surface area contributed by atoms with Crippen LogP contribution in [0.25, 0.3) is 12.2 Å². The van der Waals surface area contributed by atoms with Gasteiger partial charge in [-0.2, -0.15) is 0 Å². The molecule has 0 unspecified atom stereocenters. The van der Waals surface area contributed by atoms with Gasteiger partial charge in [0.15, 0.2) is 6.61 Å². The molecule has 122 valence electrons. The van der Waals surface area contributed by atoms with E-state index in [9.17, 15) is 9.59 Å². The van der Waals surface area contributed by atoms with Crippen molar-refractivity contribution in [3.63, 3.8) is 0 Å². The van der Waals surface area contributed by atoms with Crippen molar-refractivity contribution in [2.75, 3.05) is 11.9 Å². The molecule has 0 atom stereocenters. The molecule has 0 spiro atoms. The predicted molar refractivity (Wildman–Crippen MR) is 92.4 cm³/mol. The third-order valence-corrected chi connectivity index (χ3v) is 3.89. The van der Waals surface area contributed by atoms with E-state index in [4.69, 9.17) is 9.84 Å². The molecule has 0 bridgehead atoms. The number of fused-ring (bicyclic) bond motifs is 1. The Kier molecular flexibility index (Phi) is 4.08. The number of hydrogen-bond donors (Lipinski definition) is 2. The average molecular weight is 323 g/mol. The van der Waals surface area contributed by atoms with Crippen molar-refractivity contribution in [2.24, 2.45) is 0 Å². The van der Waals surface area contributed by atoms with Crippen molar-refractivity contribution in [3.05, 3.63) is 58.1 Å². The summed E-state index contributed by atoms with van der Waals surface area (Å²) in [6, 6.07) is 8.85. The Balaban J connectivity index is 1.90. The van der Waals surface area contributed by atoms with Crippen molar-refractivity contribution >= 4 is 29.7 Å². The third kappa shape index (κ3) is 3.15. The van der Waals surface area contributed by atoms with E-state index in [1.807, 2.05) is 38.1 Å². The van der Waals surface area contributed by atoms with Gasteiger partial charge in [-0.15, -0.1) is 0 Å². The van der Waals surface area contributed by atoms with Crippen LogP contribution in [0.1, 0.15) is 32.6 Å². The molecule has 1 aliphatic rings. The van der Waals surface area contributed by atoms with Crippen LogP contribution in [-0.4, -0.2) is 23.6 Å². The van der Waals surface area contributed by atoms with Gasteiger partial charge in [0, 0.05) is 0 Å². The third-order valence-electron chi connectivity index (χ3n) is 3.89. The van der Waals surface area contributed by atoms with E-state index in [2.05, 4.69) is 5.32 Å². The number of nitrogens with one attached hydrogen (secondary N) is 1. The number of aryl methyl sites for hydroxylation is 2. The van der Waals surface area contributed by atoms with Crippen LogP contribution < -0.4 is 10.1 Å². The SMILES string of the molecule is Cc1cc(C(=O)O)ccc1C=Cc1cc(C)c2c(c1)NC(=O)CO2. The van der Waals surface area contributed by atoms with Crippen LogP contribution in [0.3, 0.4) is 0 Å². The van der Waals surface area contributed by atoms with E-state index in [1.165, 1.54) is 0 Å². The van der Waals surface area contributed by atoms with E-state index in [0.29, 0.717) is 11.4 Å². The number of benzene rings is 2. The van der Waals surface area contributed by atoms with Crippen LogP contribution in [0.5, 0.6) is 5.75 Å². The minimum Gasteiger partial charge on any atom is -0.481 e. The molecule has 0 saturated heterocycles. The maximum Gasteiger partial charge on any atom is 0.335 e. The van der Waals surface area contributed by atoms with Gasteiger partial charge in [0.2, 0.25) is 0 Å². The Morgan fingerprint density at radius 1 is 1.17 bits per heavy atom. The van der Waals surface area contributed by atoms with E-state index in [0.717, 1.165) is 22.3 Å². The number of carboxylic acids is 1. The van der Waals surface area contributed by atoms with Crippen molar-refractivity contribution in [3.8, 4) is 5.75 Å². The maximum absolute atomic E-state index is 11.5. The van der Waals surface area contributed by atoms with Gasteiger partial charge in [0.1, 0.15) is 5.75 Å². The topological polar surface area (TPSA) is 75.6 Å². The lowest BCUT2D eigenvalue weighted by molar-refractivity contribution is -0.118. The summed E-state index contributed by atoms with van der Waals surface area (Å²) >= 11 is 0. The van der Waals surface area contributed by atoms with Crippen LogP contribution >= 0.6 is 0 Å². The van der Waals surface area contributed by atoms with Crippen LogP contribution in [0, 0.1) is 13.8 Å². The summed E-state index contributed by atoms with van der Waals surface area (Å²) in [4.78, 5) is 22.4. The molecule has 1 amide bonds. The fourth-order valence-electron chi connectivity index (χ4n) is 2.69. The Hall–Kier alpha value is -3.08. The van der Waals surface area contributed by atoms with E-state index in [1.54, 1.807) is 18.2 Å². The summed E-state index contributed by atoms with van der Waals surface area (Å²) in [5.41, 5.74) is 4.65. The molecule has 5 nitrogen and oxygen atoms in total. The van der Waals surface area contributed by atoms with E-state index < -0.39 is 5.97 Å². The van der Waals surface area contributed by atoms with Gasteiger partial charge in [-0.3, -0.25) is 4.79 Å². The van der Waals surface area contributed by atoms with Gasteiger partial charge in [-0.1, -0.05) is 18.2 Å². The fraction of sp³-hybridized carbons (Fsp3) is 0.158. The Labute approximate surface area is 139 Å². The quantitative estimate of drug-likeness (QED) is 0.848.